The Balaban J connectivity index is 1.62. The smallest absolute Gasteiger partial charge is 0.221 e. The van der Waals surface area contributed by atoms with Crippen LogP contribution in [0.3, 0.4) is 0 Å². The van der Waals surface area contributed by atoms with E-state index in [-0.39, 0.29) is 5.91 Å². The molecular formula is C15H21N3O. The number of carbonyl (C=O) groups excluding carboxylic acids is 1. The van der Waals surface area contributed by atoms with Gasteiger partial charge in [0, 0.05) is 36.9 Å². The molecule has 0 radical (unpaired) electrons. The van der Waals surface area contributed by atoms with E-state index in [1.807, 2.05) is 24.3 Å². The second-order valence-corrected chi connectivity index (χ2v) is 5.54. The molecule has 4 heteroatoms. The van der Waals surface area contributed by atoms with E-state index < -0.39 is 0 Å². The summed E-state index contributed by atoms with van der Waals surface area (Å²) >= 11 is 0. The maximum atomic E-state index is 11.0. The van der Waals surface area contributed by atoms with Crippen molar-refractivity contribution in [2.45, 2.75) is 38.3 Å². The molecule has 1 amide bonds. The van der Waals surface area contributed by atoms with Crippen molar-refractivity contribution in [2.75, 3.05) is 23.7 Å². The molecule has 0 aliphatic carbocycles. The Morgan fingerprint density at radius 2 is 1.89 bits per heavy atom. The van der Waals surface area contributed by atoms with Crippen molar-refractivity contribution in [3.05, 3.63) is 24.3 Å². The second-order valence-electron chi connectivity index (χ2n) is 5.54. The van der Waals surface area contributed by atoms with E-state index in [0.29, 0.717) is 6.04 Å². The fourth-order valence-electron chi connectivity index (χ4n) is 3.32. The van der Waals surface area contributed by atoms with Crippen LogP contribution in [0.15, 0.2) is 24.3 Å². The van der Waals surface area contributed by atoms with Gasteiger partial charge in [-0.3, -0.25) is 9.69 Å². The molecule has 2 aliphatic rings. The first-order valence-corrected chi connectivity index (χ1v) is 7.10. The molecule has 1 aromatic rings. The third-order valence-corrected chi connectivity index (χ3v) is 4.16. The van der Waals surface area contributed by atoms with Crippen molar-refractivity contribution in [1.29, 1.82) is 0 Å². The van der Waals surface area contributed by atoms with Crippen molar-refractivity contribution in [3.8, 4) is 0 Å². The highest BCUT2D eigenvalue weighted by Crippen LogP contribution is 2.30. The lowest BCUT2D eigenvalue weighted by Crippen LogP contribution is -2.33. The number of amides is 1. The summed E-state index contributed by atoms with van der Waals surface area (Å²) in [4.78, 5) is 13.6. The number of benzene rings is 1. The first-order valence-electron chi connectivity index (χ1n) is 7.10. The quantitative estimate of drug-likeness (QED) is 0.875. The molecule has 1 aromatic carbocycles. The molecule has 2 fully saturated rings. The summed E-state index contributed by atoms with van der Waals surface area (Å²) in [6.45, 7) is 4.02. The third-order valence-electron chi connectivity index (χ3n) is 4.16. The van der Waals surface area contributed by atoms with Crippen molar-refractivity contribution < 1.29 is 4.79 Å². The minimum absolute atomic E-state index is 0.0295. The molecule has 4 nitrogen and oxygen atoms in total. The van der Waals surface area contributed by atoms with Gasteiger partial charge in [-0.2, -0.15) is 0 Å². The van der Waals surface area contributed by atoms with Crippen LogP contribution >= 0.6 is 0 Å². The molecule has 102 valence electrons. The number of rotatable bonds is 3. The van der Waals surface area contributed by atoms with E-state index in [9.17, 15) is 4.79 Å². The van der Waals surface area contributed by atoms with Crippen LogP contribution in [0.5, 0.6) is 0 Å². The van der Waals surface area contributed by atoms with E-state index in [1.54, 1.807) is 0 Å². The van der Waals surface area contributed by atoms with E-state index in [1.165, 1.54) is 39.3 Å². The average Bonchev–Trinajstić information content (AvgIpc) is 2.96. The van der Waals surface area contributed by atoms with Gasteiger partial charge in [0.15, 0.2) is 0 Å². The zero-order valence-electron chi connectivity index (χ0n) is 11.4. The Labute approximate surface area is 114 Å². The summed E-state index contributed by atoms with van der Waals surface area (Å²) in [5.41, 5.74) is 2.00. The first kappa shape index (κ1) is 12.5. The van der Waals surface area contributed by atoms with E-state index in [4.69, 9.17) is 0 Å². The number of fused-ring (bicyclic) bond motifs is 1. The lowest BCUT2D eigenvalue weighted by Gasteiger charge is -2.22. The largest absolute Gasteiger partial charge is 0.381 e. The van der Waals surface area contributed by atoms with Crippen LogP contribution in [0.1, 0.15) is 26.2 Å². The number of nitrogens with one attached hydrogen (secondary N) is 2. The summed E-state index contributed by atoms with van der Waals surface area (Å²) in [7, 11) is 0. The molecule has 2 N–H and O–H groups in total. The fraction of sp³-hybridized carbons (Fsp3) is 0.533. The molecule has 0 saturated carbocycles. The SMILES string of the molecule is CC(=O)Nc1ccc(NC2CCN3CCCC23)cc1. The minimum Gasteiger partial charge on any atom is -0.381 e. The maximum absolute atomic E-state index is 11.0. The average molecular weight is 259 g/mol. The zero-order valence-corrected chi connectivity index (χ0v) is 11.4. The van der Waals surface area contributed by atoms with Gasteiger partial charge < -0.3 is 10.6 Å². The van der Waals surface area contributed by atoms with Gasteiger partial charge >= 0.3 is 0 Å². The molecule has 2 atom stereocenters. The summed E-state index contributed by atoms with van der Waals surface area (Å²) in [6.07, 6.45) is 3.89. The van der Waals surface area contributed by atoms with Crippen LogP contribution in [-0.2, 0) is 4.79 Å². The Morgan fingerprint density at radius 3 is 2.63 bits per heavy atom. The lowest BCUT2D eigenvalue weighted by molar-refractivity contribution is -0.114. The molecule has 2 heterocycles. The molecule has 0 aromatic heterocycles. The summed E-state index contributed by atoms with van der Waals surface area (Å²) < 4.78 is 0. The van der Waals surface area contributed by atoms with Crippen LogP contribution in [0.4, 0.5) is 11.4 Å². The standard InChI is InChI=1S/C15H21N3O/c1-11(19)16-12-4-6-13(7-5-12)17-14-8-10-18-9-2-3-15(14)18/h4-7,14-15,17H,2-3,8-10H2,1H3,(H,16,19). The van der Waals surface area contributed by atoms with Crippen molar-refractivity contribution in [3.63, 3.8) is 0 Å². The van der Waals surface area contributed by atoms with Crippen LogP contribution in [0.25, 0.3) is 0 Å². The summed E-state index contributed by atoms with van der Waals surface area (Å²) in [6, 6.07) is 9.28. The Hall–Kier alpha value is -1.55. The highest BCUT2D eigenvalue weighted by Gasteiger charge is 2.36. The number of nitrogens with zero attached hydrogens (tertiary/aromatic N) is 1. The van der Waals surface area contributed by atoms with Gasteiger partial charge in [0.25, 0.3) is 0 Å². The van der Waals surface area contributed by atoms with Gasteiger partial charge in [0.2, 0.25) is 5.91 Å². The number of carbonyl (C=O) groups is 1. The minimum atomic E-state index is -0.0295. The predicted molar refractivity (Wildman–Crippen MR) is 77.4 cm³/mol. The molecule has 3 rings (SSSR count). The molecule has 2 aliphatic heterocycles. The van der Waals surface area contributed by atoms with Crippen molar-refractivity contribution >= 4 is 17.3 Å². The fourth-order valence-corrected chi connectivity index (χ4v) is 3.32. The maximum Gasteiger partial charge on any atom is 0.221 e. The Bertz CT molecular complexity index is 457. The van der Waals surface area contributed by atoms with Crippen LogP contribution in [0.2, 0.25) is 0 Å². The summed E-state index contributed by atoms with van der Waals surface area (Å²) in [5, 5.41) is 6.43. The van der Waals surface area contributed by atoms with Gasteiger partial charge in [0.1, 0.15) is 0 Å². The molecule has 0 spiro atoms. The van der Waals surface area contributed by atoms with Gasteiger partial charge in [-0.1, -0.05) is 0 Å². The molecule has 19 heavy (non-hydrogen) atoms. The van der Waals surface area contributed by atoms with Crippen LogP contribution in [-0.4, -0.2) is 36.0 Å². The van der Waals surface area contributed by atoms with Crippen LogP contribution < -0.4 is 10.6 Å². The van der Waals surface area contributed by atoms with E-state index in [0.717, 1.165) is 17.4 Å². The topological polar surface area (TPSA) is 44.4 Å². The van der Waals surface area contributed by atoms with E-state index in [2.05, 4.69) is 15.5 Å². The van der Waals surface area contributed by atoms with Gasteiger partial charge in [0.05, 0.1) is 0 Å². The number of anilines is 2. The third kappa shape index (κ3) is 2.73. The second kappa shape index (κ2) is 5.21. The number of hydrogen-bond acceptors (Lipinski definition) is 3. The highest BCUT2D eigenvalue weighted by atomic mass is 16.1. The highest BCUT2D eigenvalue weighted by molar-refractivity contribution is 5.88. The lowest BCUT2D eigenvalue weighted by atomic mass is 10.1. The molecule has 0 bridgehead atoms. The van der Waals surface area contributed by atoms with Gasteiger partial charge in [-0.15, -0.1) is 0 Å². The zero-order chi connectivity index (χ0) is 13.2. The Kier molecular flexibility index (Phi) is 3.42. The van der Waals surface area contributed by atoms with Crippen molar-refractivity contribution in [1.82, 2.24) is 4.90 Å². The van der Waals surface area contributed by atoms with Gasteiger partial charge in [-0.25, -0.2) is 0 Å². The predicted octanol–water partition coefficient (Wildman–Crippen LogP) is 2.29. The van der Waals surface area contributed by atoms with Crippen molar-refractivity contribution in [2.24, 2.45) is 0 Å². The first-order chi connectivity index (χ1) is 9.22. The molecule has 2 unspecified atom stereocenters. The van der Waals surface area contributed by atoms with Gasteiger partial charge in [-0.05, 0) is 50.1 Å². The monoisotopic (exact) mass is 259 g/mol. The molecular weight excluding hydrogens is 238 g/mol. The van der Waals surface area contributed by atoms with Crippen LogP contribution in [0, 0.1) is 0 Å². The normalized spacial score (nSPS) is 26.2. The Morgan fingerprint density at radius 1 is 1.16 bits per heavy atom. The number of hydrogen-bond donors (Lipinski definition) is 2. The molecule has 2 saturated heterocycles. The van der Waals surface area contributed by atoms with E-state index >= 15 is 0 Å². The summed E-state index contributed by atoms with van der Waals surface area (Å²) in [5.74, 6) is -0.0295.